The number of anilines is 1. The maximum Gasteiger partial charge on any atom is 0.262 e. The molecule has 1 N–H and O–H groups in total. The van der Waals surface area contributed by atoms with Crippen molar-refractivity contribution in [3.05, 3.63) is 60.3 Å². The molecule has 5 nitrogen and oxygen atoms in total. The molecule has 128 valence electrons. The first-order valence-electron chi connectivity index (χ1n) is 8.40. The number of amides is 1. The van der Waals surface area contributed by atoms with Crippen LogP contribution in [0.1, 0.15) is 31.7 Å². The van der Waals surface area contributed by atoms with Crippen LogP contribution >= 0.6 is 0 Å². The van der Waals surface area contributed by atoms with Gasteiger partial charge >= 0.3 is 0 Å². The minimum absolute atomic E-state index is 0.111. The minimum Gasteiger partial charge on any atom is -0.466 e. The van der Waals surface area contributed by atoms with E-state index in [0.29, 0.717) is 11.8 Å². The van der Waals surface area contributed by atoms with Crippen molar-refractivity contribution in [2.45, 2.75) is 26.2 Å². The number of fused-ring (bicyclic) bond motifs is 1. The van der Waals surface area contributed by atoms with E-state index in [1.165, 1.54) is 11.8 Å². The zero-order valence-corrected chi connectivity index (χ0v) is 14.4. The second kappa shape index (κ2) is 7.75. The minimum atomic E-state index is -0.230. The number of ether oxygens (including phenoxy) is 1. The summed E-state index contributed by atoms with van der Waals surface area (Å²) >= 11 is 0. The third-order valence-corrected chi connectivity index (χ3v) is 4.15. The number of para-hydroxylation sites is 2. The number of hydrogen-bond donors (Lipinski definition) is 1. The van der Waals surface area contributed by atoms with Crippen LogP contribution in [-0.2, 0) is 4.79 Å². The van der Waals surface area contributed by atoms with Crippen LogP contribution in [0.5, 0.6) is 5.88 Å². The van der Waals surface area contributed by atoms with E-state index in [0.717, 1.165) is 23.1 Å². The number of carbonyl (C=O) groups is 1. The molecule has 0 unspecified atom stereocenters. The Labute approximate surface area is 147 Å². The smallest absolute Gasteiger partial charge is 0.262 e. The van der Waals surface area contributed by atoms with Crippen molar-refractivity contribution in [3.63, 3.8) is 0 Å². The summed E-state index contributed by atoms with van der Waals surface area (Å²) in [5, 5.41) is 2.82. The van der Waals surface area contributed by atoms with Crippen LogP contribution in [0.15, 0.2) is 54.7 Å². The van der Waals surface area contributed by atoms with Gasteiger partial charge in [0.05, 0.1) is 17.2 Å². The van der Waals surface area contributed by atoms with Gasteiger partial charge in [-0.25, -0.2) is 9.97 Å². The lowest BCUT2D eigenvalue weighted by Gasteiger charge is -2.11. The van der Waals surface area contributed by atoms with Crippen molar-refractivity contribution < 1.29 is 9.53 Å². The average Bonchev–Trinajstić information content (AvgIpc) is 2.66. The van der Waals surface area contributed by atoms with Crippen LogP contribution in [0.4, 0.5) is 5.69 Å². The molecule has 3 aromatic rings. The monoisotopic (exact) mass is 335 g/mol. The molecule has 25 heavy (non-hydrogen) atoms. The van der Waals surface area contributed by atoms with E-state index in [-0.39, 0.29) is 12.5 Å². The first-order chi connectivity index (χ1) is 12.2. The molecule has 0 bridgehead atoms. The fourth-order valence-electron chi connectivity index (χ4n) is 2.48. The van der Waals surface area contributed by atoms with Crippen molar-refractivity contribution in [2.75, 3.05) is 11.9 Å². The average molecular weight is 335 g/mol. The second-order valence-corrected chi connectivity index (χ2v) is 5.97. The topological polar surface area (TPSA) is 64.1 Å². The Hall–Kier alpha value is -2.95. The molecule has 0 aliphatic rings. The van der Waals surface area contributed by atoms with Gasteiger partial charge in [0.1, 0.15) is 0 Å². The largest absolute Gasteiger partial charge is 0.466 e. The van der Waals surface area contributed by atoms with E-state index in [1.54, 1.807) is 0 Å². The molecule has 0 aliphatic heterocycles. The van der Waals surface area contributed by atoms with Crippen molar-refractivity contribution in [1.29, 1.82) is 0 Å². The number of hydrogen-bond acceptors (Lipinski definition) is 4. The van der Waals surface area contributed by atoms with Gasteiger partial charge < -0.3 is 10.1 Å². The van der Waals surface area contributed by atoms with Gasteiger partial charge in [0.15, 0.2) is 6.61 Å². The van der Waals surface area contributed by atoms with E-state index in [4.69, 9.17) is 4.74 Å². The number of nitrogens with one attached hydrogen (secondary N) is 1. The Kier molecular flexibility index (Phi) is 5.23. The lowest BCUT2D eigenvalue weighted by molar-refractivity contribution is -0.118. The molecule has 0 radical (unpaired) electrons. The fourth-order valence-corrected chi connectivity index (χ4v) is 2.48. The molecule has 1 atom stereocenters. The summed E-state index contributed by atoms with van der Waals surface area (Å²) in [6.45, 7) is 4.24. The van der Waals surface area contributed by atoms with Gasteiger partial charge in [-0.2, -0.15) is 0 Å². The molecule has 3 rings (SSSR count). The van der Waals surface area contributed by atoms with Gasteiger partial charge in [0, 0.05) is 5.69 Å². The van der Waals surface area contributed by atoms with E-state index >= 15 is 0 Å². The molecule has 0 aliphatic carbocycles. The van der Waals surface area contributed by atoms with Gasteiger partial charge in [-0.1, -0.05) is 38.1 Å². The second-order valence-electron chi connectivity index (χ2n) is 5.97. The molecule has 0 fully saturated rings. The summed E-state index contributed by atoms with van der Waals surface area (Å²) in [4.78, 5) is 20.6. The Bertz CT molecular complexity index is 862. The van der Waals surface area contributed by atoms with Crippen molar-refractivity contribution >= 4 is 22.6 Å². The third kappa shape index (κ3) is 4.32. The number of carbonyl (C=O) groups excluding carboxylic acids is 1. The first kappa shape index (κ1) is 16.9. The summed E-state index contributed by atoms with van der Waals surface area (Å²) in [5.74, 6) is 0.617. The summed E-state index contributed by atoms with van der Waals surface area (Å²) in [6, 6.07) is 15.4. The SMILES string of the molecule is CC[C@H](C)c1ccc(NC(=O)COc2cnc3ccccc3n2)cc1. The summed E-state index contributed by atoms with van der Waals surface area (Å²) < 4.78 is 5.44. The van der Waals surface area contributed by atoms with E-state index < -0.39 is 0 Å². The fraction of sp³-hybridized carbons (Fsp3) is 0.250. The van der Waals surface area contributed by atoms with Crippen molar-refractivity contribution in [3.8, 4) is 5.88 Å². The van der Waals surface area contributed by atoms with Crippen LogP contribution in [0.25, 0.3) is 11.0 Å². The highest BCUT2D eigenvalue weighted by Crippen LogP contribution is 2.20. The lowest BCUT2D eigenvalue weighted by atomic mass is 9.99. The molecule has 0 spiro atoms. The highest BCUT2D eigenvalue weighted by atomic mass is 16.5. The molecule has 0 saturated carbocycles. The number of nitrogens with zero attached hydrogens (tertiary/aromatic N) is 2. The first-order valence-corrected chi connectivity index (χ1v) is 8.40. The molecule has 2 aromatic carbocycles. The normalized spacial score (nSPS) is 11.9. The predicted molar refractivity (Wildman–Crippen MR) is 98.8 cm³/mol. The Balaban J connectivity index is 1.56. The number of benzene rings is 2. The van der Waals surface area contributed by atoms with Crippen LogP contribution < -0.4 is 10.1 Å². The van der Waals surface area contributed by atoms with Crippen LogP contribution in [0.2, 0.25) is 0 Å². The van der Waals surface area contributed by atoms with E-state index in [9.17, 15) is 4.79 Å². The van der Waals surface area contributed by atoms with Crippen LogP contribution in [-0.4, -0.2) is 22.5 Å². The van der Waals surface area contributed by atoms with E-state index in [1.807, 2.05) is 48.5 Å². The maximum atomic E-state index is 12.0. The molecule has 1 aromatic heterocycles. The quantitative estimate of drug-likeness (QED) is 0.734. The highest BCUT2D eigenvalue weighted by Gasteiger charge is 2.07. The predicted octanol–water partition coefficient (Wildman–Crippen LogP) is 4.16. The van der Waals surface area contributed by atoms with Crippen LogP contribution in [0.3, 0.4) is 0 Å². The lowest BCUT2D eigenvalue weighted by Crippen LogP contribution is -2.20. The van der Waals surface area contributed by atoms with Gasteiger partial charge in [0.2, 0.25) is 5.88 Å². The van der Waals surface area contributed by atoms with Gasteiger partial charge in [-0.05, 0) is 42.2 Å². The van der Waals surface area contributed by atoms with E-state index in [2.05, 4.69) is 29.1 Å². The Morgan fingerprint density at radius 3 is 2.56 bits per heavy atom. The molecule has 5 heteroatoms. The van der Waals surface area contributed by atoms with Crippen molar-refractivity contribution in [2.24, 2.45) is 0 Å². The summed E-state index contributed by atoms with van der Waals surface area (Å²) in [7, 11) is 0. The molecular weight excluding hydrogens is 314 g/mol. The Morgan fingerprint density at radius 2 is 1.84 bits per heavy atom. The molecule has 0 saturated heterocycles. The summed E-state index contributed by atoms with van der Waals surface area (Å²) in [6.07, 6.45) is 2.61. The molecule has 1 heterocycles. The Morgan fingerprint density at radius 1 is 1.12 bits per heavy atom. The number of aromatic nitrogens is 2. The zero-order valence-electron chi connectivity index (χ0n) is 14.4. The van der Waals surface area contributed by atoms with Gasteiger partial charge in [0.25, 0.3) is 5.91 Å². The standard InChI is InChI=1S/C20H21N3O2/c1-3-14(2)15-8-10-16(11-9-15)22-19(24)13-25-20-12-21-17-6-4-5-7-18(17)23-20/h4-12,14H,3,13H2,1-2H3,(H,22,24)/t14-/m0/s1. The number of rotatable bonds is 6. The maximum absolute atomic E-state index is 12.0. The summed E-state index contributed by atoms with van der Waals surface area (Å²) in [5.41, 5.74) is 3.55. The van der Waals surface area contributed by atoms with Gasteiger partial charge in [-0.3, -0.25) is 4.79 Å². The zero-order chi connectivity index (χ0) is 17.6. The van der Waals surface area contributed by atoms with Crippen molar-refractivity contribution in [1.82, 2.24) is 9.97 Å². The molecule has 1 amide bonds. The molecular formula is C20H21N3O2. The third-order valence-electron chi connectivity index (χ3n) is 4.15. The van der Waals surface area contributed by atoms with Crippen LogP contribution in [0, 0.1) is 0 Å². The highest BCUT2D eigenvalue weighted by molar-refractivity contribution is 5.91. The van der Waals surface area contributed by atoms with Gasteiger partial charge in [-0.15, -0.1) is 0 Å².